The van der Waals surface area contributed by atoms with Gasteiger partial charge in [-0.1, -0.05) is 33.4 Å². The maximum absolute atomic E-state index is 11.5. The lowest BCUT2D eigenvalue weighted by Crippen LogP contribution is -2.47. The van der Waals surface area contributed by atoms with Crippen molar-refractivity contribution in [2.75, 3.05) is 13.2 Å². The third-order valence-corrected chi connectivity index (χ3v) is 8.03. The summed E-state index contributed by atoms with van der Waals surface area (Å²) < 4.78 is 10.7. The number of carbonyl (C=O) groups is 2. The monoisotopic (exact) mass is 317 g/mol. The topological polar surface area (TPSA) is 84.9 Å². The van der Waals surface area contributed by atoms with E-state index in [1.165, 1.54) is 6.08 Å². The van der Waals surface area contributed by atoms with Gasteiger partial charge in [-0.15, -0.1) is 0 Å². The Balaban J connectivity index is 4.60. The normalized spacial score (nSPS) is 13.4. The minimum Gasteiger partial charge on any atom is -0.481 e. The zero-order valence-corrected chi connectivity index (χ0v) is 14.6. The third kappa shape index (κ3) is 7.86. The Kier molecular flexibility index (Phi) is 7.66. The Hall–Kier alpha value is -1.34. The molecule has 0 rings (SSSR count). The molecule has 6 nitrogen and oxygen atoms in total. The minimum absolute atomic E-state index is 0.0180. The average molecular weight is 317 g/mol. The number of carboxylic acids is 1. The molecule has 122 valence electrons. The van der Waals surface area contributed by atoms with Crippen LogP contribution in [0.3, 0.4) is 0 Å². The summed E-state index contributed by atoms with van der Waals surface area (Å²) in [5.41, 5.74) is 0. The van der Waals surface area contributed by atoms with Gasteiger partial charge in [0.05, 0.1) is 19.1 Å². The number of aliphatic carboxylic acids is 1. The molecule has 0 saturated carbocycles. The Bertz CT molecular complexity index is 376. The van der Waals surface area contributed by atoms with E-state index >= 15 is 0 Å². The first-order valence-corrected chi connectivity index (χ1v) is 9.80. The van der Waals surface area contributed by atoms with Crippen LogP contribution in [0.1, 0.15) is 27.2 Å². The van der Waals surface area contributed by atoms with Crippen molar-refractivity contribution >= 4 is 20.4 Å². The number of hydrogen-bond acceptors (Lipinski definition) is 4. The van der Waals surface area contributed by atoms with Crippen LogP contribution in [0.2, 0.25) is 18.1 Å². The van der Waals surface area contributed by atoms with Crippen LogP contribution >= 0.6 is 0 Å². The van der Waals surface area contributed by atoms with Gasteiger partial charge in [0.25, 0.3) is 0 Å². The van der Waals surface area contributed by atoms with E-state index in [1.807, 2.05) is 0 Å². The molecule has 0 unspecified atom stereocenters. The lowest BCUT2D eigenvalue weighted by Gasteiger charge is -2.37. The molecule has 0 heterocycles. The highest BCUT2D eigenvalue weighted by atomic mass is 28.4. The number of carboxylic acid groups (broad SMARTS) is 1. The molecule has 0 aliphatic heterocycles. The molecule has 2 N–H and O–H groups in total. The Morgan fingerprint density at radius 2 is 1.95 bits per heavy atom. The van der Waals surface area contributed by atoms with Crippen molar-refractivity contribution in [2.24, 2.45) is 0 Å². The lowest BCUT2D eigenvalue weighted by atomic mass is 10.2. The zero-order chi connectivity index (χ0) is 16.7. The molecule has 0 aliphatic rings. The summed E-state index contributed by atoms with van der Waals surface area (Å²) in [4.78, 5) is 22.4. The molecule has 0 saturated heterocycles. The second-order valence-corrected chi connectivity index (χ2v) is 11.2. The summed E-state index contributed by atoms with van der Waals surface area (Å²) in [7, 11) is -2.00. The predicted molar refractivity (Wildman–Crippen MR) is 83.9 cm³/mol. The molecule has 21 heavy (non-hydrogen) atoms. The van der Waals surface area contributed by atoms with Gasteiger partial charge < -0.3 is 19.6 Å². The number of carbonyl (C=O) groups excluding carboxylic acids is 1. The van der Waals surface area contributed by atoms with Gasteiger partial charge in [0.15, 0.2) is 8.32 Å². The highest BCUT2D eigenvalue weighted by Crippen LogP contribution is 2.36. The van der Waals surface area contributed by atoms with Crippen LogP contribution in [-0.2, 0) is 14.0 Å². The molecule has 0 aromatic heterocycles. The molecule has 0 aliphatic carbocycles. The van der Waals surface area contributed by atoms with Crippen molar-refractivity contribution in [2.45, 2.75) is 51.4 Å². The molecular formula is C14H27NO5Si. The molecule has 0 radical (unpaired) electrons. The summed E-state index contributed by atoms with van der Waals surface area (Å²) in [6, 6.07) is -0.617. The van der Waals surface area contributed by atoms with E-state index in [1.54, 1.807) is 0 Å². The molecule has 0 fully saturated rings. The second kappa shape index (κ2) is 8.19. The van der Waals surface area contributed by atoms with Gasteiger partial charge in [-0.25, -0.2) is 4.79 Å². The van der Waals surface area contributed by atoms with Gasteiger partial charge >= 0.3 is 12.1 Å². The molecule has 7 heteroatoms. The molecule has 0 aromatic carbocycles. The maximum Gasteiger partial charge on any atom is 0.407 e. The van der Waals surface area contributed by atoms with Crippen LogP contribution in [0.25, 0.3) is 0 Å². The molecule has 1 amide bonds. The number of nitrogens with one attached hydrogen (secondary N) is 1. The summed E-state index contributed by atoms with van der Waals surface area (Å²) in [5, 5.41) is 11.4. The van der Waals surface area contributed by atoms with Crippen molar-refractivity contribution in [1.82, 2.24) is 5.32 Å². The van der Waals surface area contributed by atoms with Crippen LogP contribution in [0.15, 0.2) is 12.7 Å². The van der Waals surface area contributed by atoms with Crippen LogP contribution in [0.5, 0.6) is 0 Å². The van der Waals surface area contributed by atoms with Crippen LogP contribution in [-0.4, -0.2) is 44.7 Å². The lowest BCUT2D eigenvalue weighted by molar-refractivity contribution is -0.137. The Morgan fingerprint density at radius 3 is 2.38 bits per heavy atom. The van der Waals surface area contributed by atoms with Gasteiger partial charge in [-0.2, -0.15) is 0 Å². The molecular weight excluding hydrogens is 290 g/mol. The fourth-order valence-electron chi connectivity index (χ4n) is 1.23. The van der Waals surface area contributed by atoms with E-state index in [4.69, 9.17) is 14.3 Å². The van der Waals surface area contributed by atoms with Gasteiger partial charge in [-0.3, -0.25) is 4.79 Å². The smallest absolute Gasteiger partial charge is 0.407 e. The fourth-order valence-corrected chi connectivity index (χ4v) is 2.28. The summed E-state index contributed by atoms with van der Waals surface area (Å²) in [5.74, 6) is -0.997. The standard InChI is InChI=1S/C14H27NO5Si/c1-7-8-19-13(18)15-11(9-12(16)17)10-20-21(5,6)14(2,3)4/h7,11H,1,8-10H2,2-6H3,(H,15,18)(H,16,17)/t11-/m0/s1. The van der Waals surface area contributed by atoms with Crippen LogP contribution in [0, 0.1) is 0 Å². The first-order chi connectivity index (χ1) is 9.49. The molecule has 0 bridgehead atoms. The van der Waals surface area contributed by atoms with E-state index in [2.05, 4.69) is 45.8 Å². The average Bonchev–Trinajstić information content (AvgIpc) is 2.31. The van der Waals surface area contributed by atoms with Crippen molar-refractivity contribution in [3.05, 3.63) is 12.7 Å². The fraction of sp³-hybridized carbons (Fsp3) is 0.714. The molecule has 0 spiro atoms. The van der Waals surface area contributed by atoms with Crippen molar-refractivity contribution < 1.29 is 23.9 Å². The van der Waals surface area contributed by atoms with E-state index in [9.17, 15) is 9.59 Å². The largest absolute Gasteiger partial charge is 0.481 e. The van der Waals surface area contributed by atoms with Crippen molar-refractivity contribution in [1.29, 1.82) is 0 Å². The zero-order valence-electron chi connectivity index (χ0n) is 13.6. The van der Waals surface area contributed by atoms with Gasteiger partial charge in [0.1, 0.15) is 6.61 Å². The first kappa shape index (κ1) is 19.7. The number of hydrogen-bond donors (Lipinski definition) is 2. The van der Waals surface area contributed by atoms with Crippen LogP contribution < -0.4 is 5.32 Å². The summed E-state index contributed by atoms with van der Waals surface area (Å²) >= 11 is 0. The number of amides is 1. The number of alkyl carbamates (subject to hydrolysis) is 1. The SMILES string of the molecule is C=CCOC(=O)N[C@H](CO[Si](C)(C)C(C)(C)C)CC(=O)O. The highest BCUT2D eigenvalue weighted by molar-refractivity contribution is 6.74. The number of rotatable bonds is 8. The van der Waals surface area contributed by atoms with Gasteiger partial charge in [-0.05, 0) is 18.1 Å². The molecule has 1 atom stereocenters. The third-order valence-electron chi connectivity index (χ3n) is 3.53. The van der Waals surface area contributed by atoms with Crippen molar-refractivity contribution in [3.63, 3.8) is 0 Å². The minimum atomic E-state index is -2.00. The van der Waals surface area contributed by atoms with Crippen LogP contribution in [0.4, 0.5) is 4.79 Å². The van der Waals surface area contributed by atoms with E-state index in [0.29, 0.717) is 0 Å². The van der Waals surface area contributed by atoms with Gasteiger partial charge in [0.2, 0.25) is 0 Å². The predicted octanol–water partition coefficient (Wildman–Crippen LogP) is 2.76. The van der Waals surface area contributed by atoms with Crippen molar-refractivity contribution in [3.8, 4) is 0 Å². The Labute approximate surface area is 127 Å². The van der Waals surface area contributed by atoms with Gasteiger partial charge in [0, 0.05) is 0 Å². The number of ether oxygens (including phenoxy) is 1. The highest BCUT2D eigenvalue weighted by Gasteiger charge is 2.37. The maximum atomic E-state index is 11.5. The Morgan fingerprint density at radius 1 is 1.38 bits per heavy atom. The first-order valence-electron chi connectivity index (χ1n) is 6.89. The van der Waals surface area contributed by atoms with E-state index in [-0.39, 0.29) is 24.7 Å². The van der Waals surface area contributed by atoms with E-state index < -0.39 is 26.4 Å². The quantitative estimate of drug-likeness (QED) is 0.531. The summed E-state index contributed by atoms with van der Waals surface area (Å²) in [6.45, 7) is 14.1. The van der Waals surface area contributed by atoms with E-state index in [0.717, 1.165) is 0 Å². The second-order valence-electron chi connectivity index (χ2n) is 6.40. The summed E-state index contributed by atoms with van der Waals surface area (Å²) in [6.07, 6.45) is 0.565. The molecule has 0 aromatic rings.